The van der Waals surface area contributed by atoms with E-state index in [0.717, 1.165) is 34.6 Å². The van der Waals surface area contributed by atoms with Crippen molar-refractivity contribution in [2.24, 2.45) is 0 Å². The fourth-order valence-electron chi connectivity index (χ4n) is 3.75. The molecule has 1 aliphatic rings. The van der Waals surface area contributed by atoms with Gasteiger partial charge in [-0.15, -0.1) is 5.10 Å². The number of nitrogens with one attached hydrogen (secondary N) is 2. The average molecular weight is 502 g/mol. The fraction of sp³-hybridized carbons (Fsp3) is 0.292. The van der Waals surface area contributed by atoms with E-state index in [2.05, 4.69) is 22.5 Å². The summed E-state index contributed by atoms with van der Waals surface area (Å²) in [5.74, 6) is 1.28. The van der Waals surface area contributed by atoms with E-state index in [9.17, 15) is 4.79 Å². The first-order valence-electron chi connectivity index (χ1n) is 10.7. The minimum Gasteiger partial charge on any atom is -0.328 e. The lowest BCUT2D eigenvalue weighted by Gasteiger charge is -2.29. The molecule has 33 heavy (non-hydrogen) atoms. The first kappa shape index (κ1) is 23.7. The Morgan fingerprint density at radius 2 is 1.97 bits per heavy atom. The Labute approximate surface area is 207 Å². The molecule has 0 radical (unpaired) electrons. The molecule has 0 saturated carbocycles. The summed E-state index contributed by atoms with van der Waals surface area (Å²) < 4.78 is 1.75. The second-order valence-corrected chi connectivity index (χ2v) is 9.83. The van der Waals surface area contributed by atoms with Crippen LogP contribution in [0.15, 0.2) is 52.8 Å². The number of carbonyl (C=O) groups is 1. The second kappa shape index (κ2) is 9.79. The molecule has 9 heteroatoms. The van der Waals surface area contributed by atoms with Gasteiger partial charge in [0.05, 0.1) is 15.6 Å². The molecule has 6 nitrogen and oxygen atoms in total. The molecule has 1 unspecified atom stereocenters. The SMILES string of the molecule is CCCSc1nc2n(n1)C(c1ccc(Cl)c(Cl)c1)C(C(=O)Nc1cccc(C)c1C)=C(C)N2. The lowest BCUT2D eigenvalue weighted by atomic mass is 9.95. The second-order valence-electron chi connectivity index (χ2n) is 7.95. The minimum atomic E-state index is -0.510. The van der Waals surface area contributed by atoms with Crippen molar-refractivity contribution in [3.63, 3.8) is 0 Å². The van der Waals surface area contributed by atoms with Gasteiger partial charge >= 0.3 is 0 Å². The predicted octanol–water partition coefficient (Wildman–Crippen LogP) is 6.63. The zero-order valence-electron chi connectivity index (χ0n) is 18.9. The number of aromatic nitrogens is 3. The van der Waals surface area contributed by atoms with Gasteiger partial charge in [-0.2, -0.15) is 4.98 Å². The van der Waals surface area contributed by atoms with Crippen molar-refractivity contribution < 1.29 is 4.79 Å². The number of rotatable bonds is 6. The van der Waals surface area contributed by atoms with Gasteiger partial charge in [0.1, 0.15) is 6.04 Å². The number of allylic oxidation sites excluding steroid dienone is 1. The zero-order chi connectivity index (χ0) is 23.7. The van der Waals surface area contributed by atoms with Crippen molar-refractivity contribution in [1.29, 1.82) is 0 Å². The Bertz CT molecular complexity index is 1250. The summed E-state index contributed by atoms with van der Waals surface area (Å²) in [6.45, 7) is 8.00. The Balaban J connectivity index is 1.79. The standard InChI is InChI=1S/C24H25Cl2N5OS/c1-5-11-33-24-29-23-27-15(4)20(22(32)28-19-8-6-7-13(2)14(19)3)21(31(23)30-24)16-9-10-17(25)18(26)12-16/h6-10,12,21H,5,11H2,1-4H3,(H,28,32)(H,27,29,30). The molecule has 1 amide bonds. The van der Waals surface area contributed by atoms with Crippen LogP contribution in [-0.4, -0.2) is 26.4 Å². The molecular weight excluding hydrogens is 477 g/mol. The van der Waals surface area contributed by atoms with Gasteiger partial charge in [0.15, 0.2) is 0 Å². The van der Waals surface area contributed by atoms with Crippen LogP contribution in [0, 0.1) is 13.8 Å². The molecule has 1 aliphatic heterocycles. The Morgan fingerprint density at radius 1 is 1.18 bits per heavy atom. The summed E-state index contributed by atoms with van der Waals surface area (Å²) >= 11 is 14.1. The molecule has 0 fully saturated rings. The van der Waals surface area contributed by atoms with Crippen molar-refractivity contribution in [3.05, 3.63) is 74.4 Å². The normalized spacial score (nSPS) is 15.3. The lowest BCUT2D eigenvalue weighted by Crippen LogP contribution is -2.31. The number of benzene rings is 2. The molecule has 2 aromatic carbocycles. The number of hydrogen-bond donors (Lipinski definition) is 2. The monoisotopic (exact) mass is 501 g/mol. The molecule has 172 valence electrons. The fourth-order valence-corrected chi connectivity index (χ4v) is 4.74. The molecule has 1 aromatic heterocycles. The van der Waals surface area contributed by atoms with E-state index < -0.39 is 6.04 Å². The van der Waals surface area contributed by atoms with Crippen molar-refractivity contribution in [2.45, 2.75) is 45.3 Å². The van der Waals surface area contributed by atoms with Crippen LogP contribution >= 0.6 is 35.0 Å². The molecule has 0 aliphatic carbocycles. The van der Waals surface area contributed by atoms with Gasteiger partial charge in [-0.1, -0.05) is 60.1 Å². The smallest absolute Gasteiger partial charge is 0.255 e. The number of halogens is 2. The van der Waals surface area contributed by atoms with Crippen molar-refractivity contribution in [2.75, 3.05) is 16.4 Å². The Hall–Kier alpha value is -2.48. The number of anilines is 2. The predicted molar refractivity (Wildman–Crippen MR) is 137 cm³/mol. The van der Waals surface area contributed by atoms with E-state index in [0.29, 0.717) is 32.4 Å². The average Bonchev–Trinajstić information content (AvgIpc) is 3.18. The van der Waals surface area contributed by atoms with Crippen LogP contribution in [0.4, 0.5) is 11.6 Å². The van der Waals surface area contributed by atoms with Crippen LogP contribution in [0.5, 0.6) is 0 Å². The summed E-state index contributed by atoms with van der Waals surface area (Å²) in [7, 11) is 0. The van der Waals surface area contributed by atoms with E-state index in [1.165, 1.54) is 0 Å². The highest BCUT2D eigenvalue weighted by atomic mass is 35.5. The molecule has 0 saturated heterocycles. The highest BCUT2D eigenvalue weighted by molar-refractivity contribution is 7.99. The first-order chi connectivity index (χ1) is 15.8. The third kappa shape index (κ3) is 4.76. The van der Waals surface area contributed by atoms with Crippen LogP contribution in [-0.2, 0) is 4.79 Å². The maximum absolute atomic E-state index is 13.6. The quantitative estimate of drug-likeness (QED) is 0.370. The van der Waals surface area contributed by atoms with Gasteiger partial charge in [-0.25, -0.2) is 4.68 Å². The number of aryl methyl sites for hydroxylation is 1. The number of hydrogen-bond acceptors (Lipinski definition) is 5. The summed E-state index contributed by atoms with van der Waals surface area (Å²) in [5.41, 5.74) is 4.96. The summed E-state index contributed by atoms with van der Waals surface area (Å²) in [4.78, 5) is 18.3. The molecule has 0 bridgehead atoms. The number of fused-ring (bicyclic) bond motifs is 1. The van der Waals surface area contributed by atoms with Crippen LogP contribution < -0.4 is 10.6 Å². The van der Waals surface area contributed by atoms with Gasteiger partial charge in [-0.05, 0) is 62.1 Å². The zero-order valence-corrected chi connectivity index (χ0v) is 21.2. The topological polar surface area (TPSA) is 71.8 Å². The number of thioether (sulfide) groups is 1. The summed E-state index contributed by atoms with van der Waals surface area (Å²) in [6.07, 6.45) is 1.01. The Kier molecular flexibility index (Phi) is 7.02. The van der Waals surface area contributed by atoms with Crippen LogP contribution in [0.1, 0.15) is 43.0 Å². The van der Waals surface area contributed by atoms with Crippen molar-refractivity contribution in [1.82, 2.24) is 14.8 Å². The number of carbonyl (C=O) groups excluding carboxylic acids is 1. The molecule has 2 heterocycles. The van der Waals surface area contributed by atoms with E-state index >= 15 is 0 Å². The van der Waals surface area contributed by atoms with Crippen molar-refractivity contribution >= 4 is 52.5 Å². The highest BCUT2D eigenvalue weighted by Gasteiger charge is 2.34. The van der Waals surface area contributed by atoms with E-state index in [1.807, 2.05) is 45.0 Å². The van der Waals surface area contributed by atoms with Crippen LogP contribution in [0.25, 0.3) is 0 Å². The van der Waals surface area contributed by atoms with Gasteiger partial charge in [0, 0.05) is 17.1 Å². The van der Waals surface area contributed by atoms with Crippen molar-refractivity contribution in [3.8, 4) is 0 Å². The Morgan fingerprint density at radius 3 is 2.70 bits per heavy atom. The molecule has 1 atom stereocenters. The maximum atomic E-state index is 13.6. The highest BCUT2D eigenvalue weighted by Crippen LogP contribution is 2.38. The van der Waals surface area contributed by atoms with Crippen LogP contribution in [0.3, 0.4) is 0 Å². The van der Waals surface area contributed by atoms with E-state index in [-0.39, 0.29) is 5.91 Å². The van der Waals surface area contributed by atoms with E-state index in [1.54, 1.807) is 28.6 Å². The third-order valence-corrected chi connectivity index (χ3v) is 7.41. The molecule has 2 N–H and O–H groups in total. The minimum absolute atomic E-state index is 0.214. The summed E-state index contributed by atoms with van der Waals surface area (Å²) in [5, 5.41) is 12.6. The molecule has 3 aromatic rings. The maximum Gasteiger partial charge on any atom is 0.255 e. The summed E-state index contributed by atoms with van der Waals surface area (Å²) in [6, 6.07) is 10.7. The first-order valence-corrected chi connectivity index (χ1v) is 12.4. The molecule has 4 rings (SSSR count). The van der Waals surface area contributed by atoms with Gasteiger partial charge in [0.25, 0.3) is 5.91 Å². The van der Waals surface area contributed by atoms with E-state index in [4.69, 9.17) is 28.3 Å². The lowest BCUT2D eigenvalue weighted by molar-refractivity contribution is -0.113. The van der Waals surface area contributed by atoms with Gasteiger partial charge in [-0.3, -0.25) is 4.79 Å². The molecular formula is C24H25Cl2N5OS. The number of amides is 1. The number of nitrogens with zero attached hydrogens (tertiary/aromatic N) is 3. The van der Waals surface area contributed by atoms with Gasteiger partial charge in [0.2, 0.25) is 11.1 Å². The third-order valence-electron chi connectivity index (χ3n) is 5.63. The van der Waals surface area contributed by atoms with Gasteiger partial charge < -0.3 is 10.6 Å². The van der Waals surface area contributed by atoms with Crippen LogP contribution in [0.2, 0.25) is 10.0 Å². The largest absolute Gasteiger partial charge is 0.328 e. The molecule has 0 spiro atoms.